The highest BCUT2D eigenvalue weighted by Gasteiger charge is 2.46. The molecule has 0 spiro atoms. The van der Waals surface area contributed by atoms with Gasteiger partial charge in [-0.25, -0.2) is 0 Å². The second-order valence-corrected chi connectivity index (χ2v) is 4.46. The summed E-state index contributed by atoms with van der Waals surface area (Å²) in [4.78, 5) is 22.4. The highest BCUT2D eigenvalue weighted by molar-refractivity contribution is 5.91. The molecule has 0 radical (unpaired) electrons. The van der Waals surface area contributed by atoms with Gasteiger partial charge in [0.25, 0.3) is 0 Å². The molecule has 0 saturated heterocycles. The van der Waals surface area contributed by atoms with Gasteiger partial charge in [-0.1, -0.05) is 0 Å². The summed E-state index contributed by atoms with van der Waals surface area (Å²) in [5.41, 5.74) is -0.363. The van der Waals surface area contributed by atoms with Gasteiger partial charge in [-0.2, -0.15) is 0 Å². The molecule has 0 bridgehead atoms. The van der Waals surface area contributed by atoms with Crippen LogP contribution >= 0.6 is 0 Å². The Morgan fingerprint density at radius 1 is 1.60 bits per heavy atom. The molecule has 0 aromatic rings. The second-order valence-electron chi connectivity index (χ2n) is 4.46. The summed E-state index contributed by atoms with van der Waals surface area (Å²) in [7, 11) is 1.67. The molecule has 0 unspecified atom stereocenters. The second kappa shape index (κ2) is 3.89. The average Bonchev–Trinajstić information content (AvgIpc) is 2.28. The van der Waals surface area contributed by atoms with Gasteiger partial charge in [-0.15, -0.1) is 0 Å². The highest BCUT2D eigenvalue weighted by atomic mass is 16.5. The number of fused-ring (bicyclic) bond motifs is 1. The topological polar surface area (TPSA) is 43.4 Å². The lowest BCUT2D eigenvalue weighted by Crippen LogP contribution is -2.48. The van der Waals surface area contributed by atoms with Crippen LogP contribution in [0.2, 0.25) is 0 Å². The number of allylic oxidation sites excluding steroid dienone is 1. The number of methoxy groups -OCH3 is 1. The fourth-order valence-corrected chi connectivity index (χ4v) is 2.90. The van der Waals surface area contributed by atoms with Crippen LogP contribution in [0.15, 0.2) is 12.2 Å². The maximum atomic E-state index is 11.4. The monoisotopic (exact) mass is 208 g/mol. The molecule has 1 saturated carbocycles. The third-order valence-corrected chi connectivity index (χ3v) is 3.78. The number of ether oxygens (including phenoxy) is 1. The molecular formula is C12H16O3. The van der Waals surface area contributed by atoms with Gasteiger partial charge in [-0.05, 0) is 31.4 Å². The zero-order chi connectivity index (χ0) is 10.9. The van der Waals surface area contributed by atoms with Gasteiger partial charge < -0.3 is 9.53 Å². The van der Waals surface area contributed by atoms with Crippen molar-refractivity contribution in [1.29, 1.82) is 0 Å². The third-order valence-electron chi connectivity index (χ3n) is 3.78. The van der Waals surface area contributed by atoms with Gasteiger partial charge in [0.1, 0.15) is 6.29 Å². The molecule has 0 aliphatic heterocycles. The molecule has 0 aromatic carbocycles. The molecule has 2 rings (SSSR count). The number of hydrogen-bond donors (Lipinski definition) is 0. The molecule has 1 fully saturated rings. The van der Waals surface area contributed by atoms with E-state index < -0.39 is 0 Å². The molecule has 2 aliphatic carbocycles. The van der Waals surface area contributed by atoms with Gasteiger partial charge in [0.2, 0.25) is 0 Å². The Labute approximate surface area is 89.5 Å². The minimum absolute atomic E-state index is 0.0207. The molecular weight excluding hydrogens is 192 g/mol. The molecule has 3 atom stereocenters. The van der Waals surface area contributed by atoms with Crippen LogP contribution in [0.1, 0.15) is 25.7 Å². The summed E-state index contributed by atoms with van der Waals surface area (Å²) in [6.07, 6.45) is 7.71. The first-order chi connectivity index (χ1) is 7.22. The van der Waals surface area contributed by atoms with E-state index in [0.29, 0.717) is 6.42 Å². The third kappa shape index (κ3) is 1.65. The Kier molecular flexibility index (Phi) is 2.74. The van der Waals surface area contributed by atoms with Gasteiger partial charge in [0.05, 0.1) is 5.60 Å². The lowest BCUT2D eigenvalue weighted by Gasteiger charge is -2.45. The first kappa shape index (κ1) is 10.6. The van der Waals surface area contributed by atoms with E-state index in [9.17, 15) is 9.59 Å². The zero-order valence-corrected chi connectivity index (χ0v) is 8.94. The zero-order valence-electron chi connectivity index (χ0n) is 8.94. The van der Waals surface area contributed by atoms with Crippen LogP contribution in [-0.4, -0.2) is 24.8 Å². The quantitative estimate of drug-likeness (QED) is 0.646. The lowest BCUT2D eigenvalue weighted by molar-refractivity contribution is -0.131. The number of ketones is 1. The largest absolute Gasteiger partial charge is 0.374 e. The van der Waals surface area contributed by atoms with Gasteiger partial charge in [0, 0.05) is 25.4 Å². The fraction of sp³-hybridized carbons (Fsp3) is 0.667. The summed E-state index contributed by atoms with van der Waals surface area (Å²) >= 11 is 0. The normalized spacial score (nSPS) is 39.9. The maximum Gasteiger partial charge on any atom is 0.155 e. The first-order valence-corrected chi connectivity index (χ1v) is 5.44. The number of carbonyl (C=O) groups excluding carboxylic acids is 2. The minimum Gasteiger partial charge on any atom is -0.374 e. The maximum absolute atomic E-state index is 11.4. The van der Waals surface area contributed by atoms with Crippen LogP contribution < -0.4 is 0 Å². The van der Waals surface area contributed by atoms with E-state index in [1.54, 1.807) is 13.2 Å². The molecule has 15 heavy (non-hydrogen) atoms. The van der Waals surface area contributed by atoms with Gasteiger partial charge in [0.15, 0.2) is 5.78 Å². The Hall–Kier alpha value is -0.960. The van der Waals surface area contributed by atoms with E-state index in [-0.39, 0.29) is 23.2 Å². The van der Waals surface area contributed by atoms with E-state index in [1.807, 2.05) is 6.08 Å². The van der Waals surface area contributed by atoms with Gasteiger partial charge >= 0.3 is 0 Å². The van der Waals surface area contributed by atoms with Crippen LogP contribution in [-0.2, 0) is 14.3 Å². The van der Waals surface area contributed by atoms with E-state index in [0.717, 1.165) is 25.5 Å². The van der Waals surface area contributed by atoms with Crippen molar-refractivity contribution in [1.82, 2.24) is 0 Å². The van der Waals surface area contributed by atoms with E-state index in [2.05, 4.69) is 0 Å². The van der Waals surface area contributed by atoms with Crippen molar-refractivity contribution >= 4 is 12.1 Å². The fourth-order valence-electron chi connectivity index (χ4n) is 2.90. The Bertz CT molecular complexity index is 308. The number of aldehydes is 1. The van der Waals surface area contributed by atoms with Crippen LogP contribution in [0, 0.1) is 11.8 Å². The predicted octanol–water partition coefficient (Wildman–Crippen LogP) is 1.52. The van der Waals surface area contributed by atoms with Crippen molar-refractivity contribution < 1.29 is 14.3 Å². The van der Waals surface area contributed by atoms with Crippen LogP contribution in [0.3, 0.4) is 0 Å². The lowest BCUT2D eigenvalue weighted by atomic mass is 9.65. The molecule has 0 N–H and O–H groups in total. The standard InChI is InChI=1S/C12H16O3/c1-15-12-5-2-3-9(8-13)11(12)7-10(14)4-6-12/h4,6,8-9,11H,2-3,5,7H2,1H3/t9-,11+,12-/m1/s1. The van der Waals surface area contributed by atoms with Crippen molar-refractivity contribution in [3.63, 3.8) is 0 Å². The van der Waals surface area contributed by atoms with Crippen LogP contribution in [0.5, 0.6) is 0 Å². The van der Waals surface area contributed by atoms with Crippen molar-refractivity contribution in [2.75, 3.05) is 7.11 Å². The smallest absolute Gasteiger partial charge is 0.155 e. The molecule has 3 nitrogen and oxygen atoms in total. The highest BCUT2D eigenvalue weighted by Crippen LogP contribution is 2.44. The molecule has 82 valence electrons. The summed E-state index contributed by atoms with van der Waals surface area (Å²) in [5.74, 6) is 0.139. The number of rotatable bonds is 2. The molecule has 0 aromatic heterocycles. The summed E-state index contributed by atoms with van der Waals surface area (Å²) in [6, 6.07) is 0. The van der Waals surface area contributed by atoms with Crippen LogP contribution in [0.4, 0.5) is 0 Å². The summed E-state index contributed by atoms with van der Waals surface area (Å²) in [6.45, 7) is 0. The Morgan fingerprint density at radius 3 is 3.07 bits per heavy atom. The SMILES string of the molecule is CO[C@]12C=CC(=O)C[C@H]1[C@@H](C=O)CCC2. The van der Waals surface area contributed by atoms with E-state index in [1.165, 1.54) is 0 Å². The van der Waals surface area contributed by atoms with Crippen molar-refractivity contribution in [3.05, 3.63) is 12.2 Å². The molecule has 3 heteroatoms. The van der Waals surface area contributed by atoms with Gasteiger partial charge in [-0.3, -0.25) is 4.79 Å². The summed E-state index contributed by atoms with van der Waals surface area (Å²) < 4.78 is 5.57. The molecule has 0 amide bonds. The number of carbonyl (C=O) groups is 2. The van der Waals surface area contributed by atoms with E-state index in [4.69, 9.17) is 4.74 Å². The van der Waals surface area contributed by atoms with E-state index >= 15 is 0 Å². The Balaban J connectivity index is 2.33. The van der Waals surface area contributed by atoms with Crippen molar-refractivity contribution in [2.24, 2.45) is 11.8 Å². The minimum atomic E-state index is -0.363. The van der Waals surface area contributed by atoms with Crippen molar-refractivity contribution in [3.8, 4) is 0 Å². The Morgan fingerprint density at radius 2 is 2.40 bits per heavy atom. The van der Waals surface area contributed by atoms with Crippen molar-refractivity contribution in [2.45, 2.75) is 31.3 Å². The molecule has 2 aliphatic rings. The predicted molar refractivity (Wildman–Crippen MR) is 55.4 cm³/mol. The molecule has 0 heterocycles. The van der Waals surface area contributed by atoms with Crippen LogP contribution in [0.25, 0.3) is 0 Å². The first-order valence-electron chi connectivity index (χ1n) is 5.44. The summed E-state index contributed by atoms with van der Waals surface area (Å²) in [5, 5.41) is 0. The average molecular weight is 208 g/mol. The number of hydrogen-bond acceptors (Lipinski definition) is 3.